The van der Waals surface area contributed by atoms with E-state index in [0.29, 0.717) is 0 Å². The Bertz CT molecular complexity index is 282. The van der Waals surface area contributed by atoms with E-state index in [1.54, 1.807) is 0 Å². The molecule has 4 heteroatoms. The van der Waals surface area contributed by atoms with Gasteiger partial charge in [0.2, 0.25) is 11.8 Å². The van der Waals surface area contributed by atoms with Gasteiger partial charge >= 0.3 is 0 Å². The molecule has 2 aliphatic rings. The molecule has 2 rings (SSSR count). The predicted octanol–water partition coefficient (Wildman–Crippen LogP) is 0.398. The van der Waals surface area contributed by atoms with E-state index in [4.69, 9.17) is 0 Å². The second kappa shape index (κ2) is 3.59. The first-order valence-corrected chi connectivity index (χ1v) is 5.59. The molecule has 0 bridgehead atoms. The molecule has 4 unspecified atom stereocenters. The normalized spacial score (nSPS) is 32.9. The highest BCUT2D eigenvalue weighted by molar-refractivity contribution is 6.08. The van der Waals surface area contributed by atoms with Crippen molar-refractivity contribution in [3.8, 4) is 0 Å². The molecule has 1 aliphatic carbocycles. The molecule has 1 saturated carbocycles. The molecule has 4 atom stereocenters. The van der Waals surface area contributed by atoms with Crippen LogP contribution in [0.1, 0.15) is 26.7 Å². The summed E-state index contributed by atoms with van der Waals surface area (Å²) in [6, 6.07) is 0. The molecule has 0 aromatic heterocycles. The van der Waals surface area contributed by atoms with E-state index in [1.165, 1.54) is 4.90 Å². The van der Waals surface area contributed by atoms with Gasteiger partial charge in [0.15, 0.2) is 0 Å². The number of carbonyl (C=O) groups is 2. The first-order valence-electron chi connectivity index (χ1n) is 5.59. The number of amides is 2. The standard InChI is InChI=1S/C11H17NO3/c1-3-6(2)9(13)5-12-10(14)7-4-8(7)11(12)15/h6-9,13H,3-5H2,1-2H3. The van der Waals surface area contributed by atoms with Crippen molar-refractivity contribution in [2.45, 2.75) is 32.8 Å². The van der Waals surface area contributed by atoms with Gasteiger partial charge in [0, 0.05) is 0 Å². The number of nitrogens with zero attached hydrogens (tertiary/aromatic N) is 1. The van der Waals surface area contributed by atoms with Gasteiger partial charge in [-0.25, -0.2) is 0 Å². The highest BCUT2D eigenvalue weighted by Gasteiger charge is 2.58. The van der Waals surface area contributed by atoms with E-state index in [0.717, 1.165) is 12.8 Å². The van der Waals surface area contributed by atoms with E-state index in [-0.39, 0.29) is 36.1 Å². The largest absolute Gasteiger partial charge is 0.391 e. The summed E-state index contributed by atoms with van der Waals surface area (Å²) in [6.07, 6.45) is 0.998. The third kappa shape index (κ3) is 1.67. The van der Waals surface area contributed by atoms with Crippen molar-refractivity contribution in [3.63, 3.8) is 0 Å². The van der Waals surface area contributed by atoms with Gasteiger partial charge in [0.1, 0.15) is 0 Å². The third-order valence-corrected chi connectivity index (χ3v) is 3.63. The number of fused-ring (bicyclic) bond motifs is 1. The van der Waals surface area contributed by atoms with Crippen molar-refractivity contribution >= 4 is 11.8 Å². The minimum atomic E-state index is -0.583. The molecule has 2 amide bonds. The molecule has 4 nitrogen and oxygen atoms in total. The van der Waals surface area contributed by atoms with Crippen LogP contribution < -0.4 is 0 Å². The monoisotopic (exact) mass is 211 g/mol. The lowest BCUT2D eigenvalue weighted by molar-refractivity contribution is -0.143. The zero-order chi connectivity index (χ0) is 11.2. The summed E-state index contributed by atoms with van der Waals surface area (Å²) >= 11 is 0. The number of piperidine rings is 1. The number of aliphatic hydroxyl groups is 1. The van der Waals surface area contributed by atoms with Gasteiger partial charge in [-0.15, -0.1) is 0 Å². The van der Waals surface area contributed by atoms with E-state index in [1.807, 2.05) is 13.8 Å². The molecule has 15 heavy (non-hydrogen) atoms. The van der Waals surface area contributed by atoms with Gasteiger partial charge < -0.3 is 5.11 Å². The second-order valence-electron chi connectivity index (χ2n) is 4.69. The fraction of sp³-hybridized carbons (Fsp3) is 0.818. The molecule has 0 spiro atoms. The molecule has 1 heterocycles. The average molecular weight is 211 g/mol. The smallest absolute Gasteiger partial charge is 0.233 e. The van der Waals surface area contributed by atoms with E-state index in [9.17, 15) is 14.7 Å². The van der Waals surface area contributed by atoms with Crippen molar-refractivity contribution in [2.24, 2.45) is 17.8 Å². The van der Waals surface area contributed by atoms with Gasteiger partial charge in [-0.2, -0.15) is 0 Å². The number of carbonyl (C=O) groups excluding carboxylic acids is 2. The zero-order valence-electron chi connectivity index (χ0n) is 9.14. The quantitative estimate of drug-likeness (QED) is 0.685. The molecule has 0 aromatic rings. The van der Waals surface area contributed by atoms with Crippen molar-refractivity contribution in [3.05, 3.63) is 0 Å². The van der Waals surface area contributed by atoms with Crippen molar-refractivity contribution in [2.75, 3.05) is 6.54 Å². The topological polar surface area (TPSA) is 57.6 Å². The van der Waals surface area contributed by atoms with Crippen molar-refractivity contribution < 1.29 is 14.7 Å². The molecule has 1 N–H and O–H groups in total. The van der Waals surface area contributed by atoms with E-state index in [2.05, 4.69) is 0 Å². The van der Waals surface area contributed by atoms with Crippen LogP contribution in [-0.2, 0) is 9.59 Å². The maximum atomic E-state index is 11.6. The molecular weight excluding hydrogens is 194 g/mol. The van der Waals surface area contributed by atoms with Crippen LogP contribution in [0.15, 0.2) is 0 Å². The maximum Gasteiger partial charge on any atom is 0.233 e. The second-order valence-corrected chi connectivity index (χ2v) is 4.69. The van der Waals surface area contributed by atoms with Gasteiger partial charge in [0.05, 0.1) is 24.5 Å². The molecule has 1 saturated heterocycles. The number of likely N-dealkylation sites (tertiary alicyclic amines) is 1. The number of β-amino-alcohol motifs (C(OH)–C–C–N with tert-alkyl or cyclic N) is 1. The van der Waals surface area contributed by atoms with Crippen LogP contribution in [0.25, 0.3) is 0 Å². The number of hydrogen-bond donors (Lipinski definition) is 1. The Labute approximate surface area is 89.3 Å². The summed E-state index contributed by atoms with van der Waals surface area (Å²) in [4.78, 5) is 24.4. The summed E-state index contributed by atoms with van der Waals surface area (Å²) < 4.78 is 0. The first kappa shape index (κ1) is 10.6. The van der Waals surface area contributed by atoms with Crippen LogP contribution >= 0.6 is 0 Å². The van der Waals surface area contributed by atoms with Crippen LogP contribution in [-0.4, -0.2) is 34.5 Å². The van der Waals surface area contributed by atoms with Crippen LogP contribution in [0.3, 0.4) is 0 Å². The Kier molecular flexibility index (Phi) is 2.54. The number of aliphatic hydroxyl groups excluding tert-OH is 1. The minimum absolute atomic E-state index is 0.0540. The Morgan fingerprint density at radius 1 is 1.40 bits per heavy atom. The summed E-state index contributed by atoms with van der Waals surface area (Å²) in [7, 11) is 0. The number of rotatable bonds is 4. The predicted molar refractivity (Wildman–Crippen MR) is 53.8 cm³/mol. The molecule has 0 aromatic carbocycles. The lowest BCUT2D eigenvalue weighted by Crippen LogP contribution is -2.41. The lowest BCUT2D eigenvalue weighted by atomic mass is 10.0. The van der Waals surface area contributed by atoms with Crippen LogP contribution in [0.5, 0.6) is 0 Å². The Balaban J connectivity index is 1.95. The molecule has 0 radical (unpaired) electrons. The molecule has 1 aliphatic heterocycles. The SMILES string of the molecule is CCC(C)C(O)CN1C(=O)C2CC2C1=O. The van der Waals surface area contributed by atoms with Gasteiger partial charge in [0.25, 0.3) is 0 Å². The van der Waals surface area contributed by atoms with Crippen LogP contribution in [0, 0.1) is 17.8 Å². The van der Waals surface area contributed by atoms with E-state index < -0.39 is 6.10 Å². The zero-order valence-corrected chi connectivity index (χ0v) is 9.14. The summed E-state index contributed by atoms with van der Waals surface area (Å²) in [5.74, 6) is -0.134. The highest BCUT2D eigenvalue weighted by Crippen LogP contribution is 2.47. The Hall–Kier alpha value is -0.900. The fourth-order valence-corrected chi connectivity index (χ4v) is 2.07. The fourth-order valence-electron chi connectivity index (χ4n) is 2.07. The van der Waals surface area contributed by atoms with Crippen molar-refractivity contribution in [1.82, 2.24) is 4.90 Å². The average Bonchev–Trinajstić information content (AvgIpc) is 2.97. The van der Waals surface area contributed by atoms with Gasteiger partial charge in [-0.1, -0.05) is 20.3 Å². The lowest BCUT2D eigenvalue weighted by Gasteiger charge is -2.23. The highest BCUT2D eigenvalue weighted by atomic mass is 16.3. The Morgan fingerprint density at radius 2 is 1.93 bits per heavy atom. The molecule has 84 valence electrons. The molecule has 2 fully saturated rings. The van der Waals surface area contributed by atoms with Gasteiger partial charge in [-0.3, -0.25) is 14.5 Å². The summed E-state index contributed by atoms with van der Waals surface area (Å²) in [5, 5.41) is 9.77. The minimum Gasteiger partial charge on any atom is -0.391 e. The first-order chi connectivity index (χ1) is 7.06. The summed E-state index contributed by atoms with van der Waals surface area (Å²) in [5.41, 5.74) is 0. The van der Waals surface area contributed by atoms with Crippen LogP contribution in [0.2, 0.25) is 0 Å². The summed E-state index contributed by atoms with van der Waals surface area (Å²) in [6.45, 7) is 4.09. The van der Waals surface area contributed by atoms with Crippen LogP contribution in [0.4, 0.5) is 0 Å². The molecular formula is C11H17NO3. The third-order valence-electron chi connectivity index (χ3n) is 3.63. The van der Waals surface area contributed by atoms with Gasteiger partial charge in [-0.05, 0) is 12.3 Å². The Morgan fingerprint density at radius 3 is 2.40 bits per heavy atom. The maximum absolute atomic E-state index is 11.6. The van der Waals surface area contributed by atoms with Crippen molar-refractivity contribution in [1.29, 1.82) is 0 Å². The number of hydrogen-bond acceptors (Lipinski definition) is 3. The van der Waals surface area contributed by atoms with E-state index >= 15 is 0 Å². The number of imide groups is 1.